The van der Waals surface area contributed by atoms with Crippen molar-refractivity contribution in [1.29, 1.82) is 0 Å². The molecule has 2 aromatic rings. The minimum Gasteiger partial charge on any atom is -0.342 e. The van der Waals surface area contributed by atoms with Crippen LogP contribution in [0.3, 0.4) is 0 Å². The van der Waals surface area contributed by atoms with Crippen molar-refractivity contribution in [3.8, 4) is 0 Å². The van der Waals surface area contributed by atoms with Crippen LogP contribution in [0.25, 0.3) is 0 Å². The molecule has 1 fully saturated rings. The molecule has 0 spiro atoms. The lowest BCUT2D eigenvalue weighted by atomic mass is 9.99. The molecule has 1 aromatic carbocycles. The first-order valence-corrected chi connectivity index (χ1v) is 11.5. The molecule has 162 valence electrons. The maximum absolute atomic E-state index is 12.6. The summed E-state index contributed by atoms with van der Waals surface area (Å²) in [6, 6.07) is 8.88. The van der Waals surface area contributed by atoms with Crippen molar-refractivity contribution in [2.24, 2.45) is 18.9 Å². The van der Waals surface area contributed by atoms with Crippen LogP contribution in [0.5, 0.6) is 0 Å². The molecule has 1 aliphatic heterocycles. The summed E-state index contributed by atoms with van der Waals surface area (Å²) in [5.74, 6) is 1.88. The SMILES string of the molecule is CC1CCN(C(=O)CSc2nnc(C(NC(=O)c3ccccc3)C(C)C)n2C)CC1. The van der Waals surface area contributed by atoms with Gasteiger partial charge in [-0.25, -0.2) is 0 Å². The number of aromatic nitrogens is 3. The first-order valence-electron chi connectivity index (χ1n) is 10.5. The van der Waals surface area contributed by atoms with Crippen LogP contribution in [-0.4, -0.2) is 50.3 Å². The molecular weight excluding hydrogens is 398 g/mol. The molecule has 1 saturated heterocycles. The van der Waals surface area contributed by atoms with Gasteiger partial charge >= 0.3 is 0 Å². The van der Waals surface area contributed by atoms with E-state index in [9.17, 15) is 9.59 Å². The fourth-order valence-corrected chi connectivity index (χ4v) is 4.36. The van der Waals surface area contributed by atoms with Gasteiger partial charge in [-0.05, 0) is 36.8 Å². The number of benzene rings is 1. The van der Waals surface area contributed by atoms with Crippen molar-refractivity contribution >= 4 is 23.6 Å². The predicted octanol–water partition coefficient (Wildman–Crippen LogP) is 3.29. The summed E-state index contributed by atoms with van der Waals surface area (Å²) in [7, 11) is 1.88. The van der Waals surface area contributed by atoms with Gasteiger partial charge in [0.15, 0.2) is 11.0 Å². The molecule has 1 unspecified atom stereocenters. The van der Waals surface area contributed by atoms with Gasteiger partial charge in [0.1, 0.15) is 0 Å². The summed E-state index contributed by atoms with van der Waals surface area (Å²) in [5, 5.41) is 12.4. The van der Waals surface area contributed by atoms with Gasteiger partial charge in [0.05, 0.1) is 11.8 Å². The normalized spacial score (nSPS) is 16.0. The molecule has 0 saturated carbocycles. The van der Waals surface area contributed by atoms with E-state index in [1.54, 1.807) is 12.1 Å². The summed E-state index contributed by atoms with van der Waals surface area (Å²) in [5.41, 5.74) is 0.612. The molecule has 1 aliphatic rings. The number of rotatable bonds is 7. The van der Waals surface area contributed by atoms with Crippen LogP contribution < -0.4 is 5.32 Å². The number of nitrogens with zero attached hydrogens (tertiary/aromatic N) is 4. The summed E-state index contributed by atoms with van der Waals surface area (Å²) in [6.45, 7) is 7.99. The first kappa shape index (κ1) is 22.3. The van der Waals surface area contributed by atoms with E-state index < -0.39 is 0 Å². The lowest BCUT2D eigenvalue weighted by Gasteiger charge is -2.30. The van der Waals surface area contributed by atoms with E-state index >= 15 is 0 Å². The summed E-state index contributed by atoms with van der Waals surface area (Å²) in [4.78, 5) is 27.1. The summed E-state index contributed by atoms with van der Waals surface area (Å²) < 4.78 is 1.88. The van der Waals surface area contributed by atoms with Crippen molar-refractivity contribution in [1.82, 2.24) is 25.0 Å². The van der Waals surface area contributed by atoms with E-state index in [0.717, 1.165) is 25.9 Å². The first-order chi connectivity index (χ1) is 14.4. The van der Waals surface area contributed by atoms with E-state index in [-0.39, 0.29) is 23.8 Å². The molecule has 1 atom stereocenters. The Morgan fingerprint density at radius 1 is 1.17 bits per heavy atom. The summed E-state index contributed by atoms with van der Waals surface area (Å²) >= 11 is 1.40. The standard InChI is InChI=1S/C22H31N5O2S/c1-15(2)19(23-21(29)17-8-6-5-7-9-17)20-24-25-22(26(20)4)30-14-18(28)27-12-10-16(3)11-13-27/h5-9,15-16,19H,10-14H2,1-4H3,(H,23,29). The third kappa shape index (κ3) is 5.41. The quantitative estimate of drug-likeness (QED) is 0.683. The number of amides is 2. The number of carbonyl (C=O) groups excluding carboxylic acids is 2. The van der Waals surface area contributed by atoms with Crippen LogP contribution in [0.4, 0.5) is 0 Å². The minimum absolute atomic E-state index is 0.135. The van der Waals surface area contributed by atoms with E-state index in [4.69, 9.17) is 0 Å². The van der Waals surface area contributed by atoms with Crippen LogP contribution in [0.15, 0.2) is 35.5 Å². The van der Waals surface area contributed by atoms with Crippen LogP contribution >= 0.6 is 11.8 Å². The second-order valence-corrected chi connectivity index (χ2v) is 9.26. The van der Waals surface area contributed by atoms with Gasteiger partial charge in [0.25, 0.3) is 5.91 Å². The highest BCUT2D eigenvalue weighted by Gasteiger charge is 2.26. The zero-order valence-corrected chi connectivity index (χ0v) is 19.0. The summed E-state index contributed by atoms with van der Waals surface area (Å²) in [6.07, 6.45) is 2.14. The third-order valence-corrected chi connectivity index (χ3v) is 6.60. The average Bonchev–Trinajstić information content (AvgIpc) is 3.11. The molecule has 0 bridgehead atoms. The number of hydrogen-bond acceptors (Lipinski definition) is 5. The maximum atomic E-state index is 12.6. The molecule has 8 heteroatoms. The number of likely N-dealkylation sites (tertiary alicyclic amines) is 1. The number of nitrogens with one attached hydrogen (secondary N) is 1. The highest BCUT2D eigenvalue weighted by Crippen LogP contribution is 2.25. The smallest absolute Gasteiger partial charge is 0.251 e. The highest BCUT2D eigenvalue weighted by molar-refractivity contribution is 7.99. The Labute approximate surface area is 182 Å². The number of piperidine rings is 1. The van der Waals surface area contributed by atoms with Crippen molar-refractivity contribution < 1.29 is 9.59 Å². The fourth-order valence-electron chi connectivity index (χ4n) is 3.54. The molecule has 2 amide bonds. The Morgan fingerprint density at radius 2 is 1.83 bits per heavy atom. The largest absolute Gasteiger partial charge is 0.342 e. The van der Waals surface area contributed by atoms with E-state index in [0.29, 0.717) is 28.2 Å². The Kier molecular flexibility index (Phi) is 7.53. The Morgan fingerprint density at radius 3 is 2.47 bits per heavy atom. The van der Waals surface area contributed by atoms with Gasteiger partial charge in [-0.2, -0.15) is 0 Å². The van der Waals surface area contributed by atoms with Crippen LogP contribution in [0.1, 0.15) is 55.8 Å². The Hall–Kier alpha value is -2.35. The molecule has 1 N–H and O–H groups in total. The Bertz CT molecular complexity index is 860. The van der Waals surface area contributed by atoms with E-state index in [1.807, 2.05) is 48.6 Å². The monoisotopic (exact) mass is 429 g/mol. The predicted molar refractivity (Wildman–Crippen MR) is 118 cm³/mol. The van der Waals surface area contributed by atoms with E-state index in [2.05, 4.69) is 22.4 Å². The Balaban J connectivity index is 1.64. The van der Waals surface area contributed by atoms with Gasteiger partial charge in [0, 0.05) is 25.7 Å². The number of thioether (sulfide) groups is 1. The second kappa shape index (κ2) is 10.1. The molecule has 1 aromatic heterocycles. The van der Waals surface area contributed by atoms with Crippen molar-refractivity contribution in [2.45, 2.75) is 44.8 Å². The zero-order chi connectivity index (χ0) is 21.7. The van der Waals surface area contributed by atoms with Crippen LogP contribution in [0.2, 0.25) is 0 Å². The lowest BCUT2D eigenvalue weighted by molar-refractivity contribution is -0.129. The molecular formula is C22H31N5O2S. The molecule has 2 heterocycles. The van der Waals surface area contributed by atoms with Gasteiger partial charge < -0.3 is 14.8 Å². The number of carbonyl (C=O) groups is 2. The van der Waals surface area contributed by atoms with Crippen LogP contribution in [-0.2, 0) is 11.8 Å². The van der Waals surface area contributed by atoms with Gasteiger partial charge in [0.2, 0.25) is 5.91 Å². The molecule has 3 rings (SSSR count). The zero-order valence-electron chi connectivity index (χ0n) is 18.2. The van der Waals surface area contributed by atoms with Crippen molar-refractivity contribution in [2.75, 3.05) is 18.8 Å². The van der Waals surface area contributed by atoms with E-state index in [1.165, 1.54) is 11.8 Å². The third-order valence-electron chi connectivity index (χ3n) is 5.60. The van der Waals surface area contributed by atoms with Gasteiger partial charge in [-0.1, -0.05) is 50.7 Å². The molecule has 0 radical (unpaired) electrons. The van der Waals surface area contributed by atoms with Crippen molar-refractivity contribution in [3.63, 3.8) is 0 Å². The van der Waals surface area contributed by atoms with Crippen LogP contribution in [0, 0.1) is 11.8 Å². The van der Waals surface area contributed by atoms with Crippen molar-refractivity contribution in [3.05, 3.63) is 41.7 Å². The average molecular weight is 430 g/mol. The minimum atomic E-state index is -0.274. The topological polar surface area (TPSA) is 80.1 Å². The highest BCUT2D eigenvalue weighted by atomic mass is 32.2. The van der Waals surface area contributed by atoms with Gasteiger partial charge in [-0.3, -0.25) is 9.59 Å². The molecule has 7 nitrogen and oxygen atoms in total. The lowest BCUT2D eigenvalue weighted by Crippen LogP contribution is -2.38. The maximum Gasteiger partial charge on any atom is 0.251 e. The molecule has 0 aliphatic carbocycles. The van der Waals surface area contributed by atoms with Gasteiger partial charge in [-0.15, -0.1) is 10.2 Å². The molecule has 30 heavy (non-hydrogen) atoms. The second-order valence-electron chi connectivity index (χ2n) is 8.31. The number of hydrogen-bond donors (Lipinski definition) is 1. The fraction of sp³-hybridized carbons (Fsp3) is 0.545.